The lowest BCUT2D eigenvalue weighted by Crippen LogP contribution is -2.39. The first-order valence-corrected chi connectivity index (χ1v) is 7.13. The largest absolute Gasteiger partial charge is 0.493 e. The lowest BCUT2D eigenvalue weighted by atomic mass is 9.95. The summed E-state index contributed by atoms with van der Waals surface area (Å²) in [6, 6.07) is 2.15. The van der Waals surface area contributed by atoms with Gasteiger partial charge in [-0.05, 0) is 12.8 Å². The van der Waals surface area contributed by atoms with Crippen LogP contribution in [0.1, 0.15) is 31.4 Å². The van der Waals surface area contributed by atoms with Crippen LogP contribution in [0.4, 0.5) is 0 Å². The van der Waals surface area contributed by atoms with Gasteiger partial charge in [0, 0.05) is 30.2 Å². The first-order valence-electron chi connectivity index (χ1n) is 6.69. The third-order valence-electron chi connectivity index (χ3n) is 3.58. The van der Waals surface area contributed by atoms with E-state index >= 15 is 0 Å². The third-order valence-corrected chi connectivity index (χ3v) is 4.10. The first-order chi connectivity index (χ1) is 9.26. The molecule has 1 aromatic heterocycles. The molecule has 2 unspecified atom stereocenters. The van der Waals surface area contributed by atoms with Crippen LogP contribution in [0.2, 0.25) is 0 Å². The number of rotatable bonds is 5. The van der Waals surface area contributed by atoms with Crippen molar-refractivity contribution in [2.24, 2.45) is 0 Å². The minimum atomic E-state index is 0.213. The van der Waals surface area contributed by atoms with Gasteiger partial charge in [0.05, 0.1) is 19.9 Å². The Bertz CT molecular complexity index is 414. The Hall–Kier alpha value is -1.00. The molecule has 1 N–H and O–H groups in total. The van der Waals surface area contributed by atoms with Crippen LogP contribution >= 0.6 is 11.6 Å². The predicted molar refractivity (Wildman–Crippen MR) is 76.1 cm³/mol. The van der Waals surface area contributed by atoms with Crippen molar-refractivity contribution in [1.82, 2.24) is 10.3 Å². The Kier molecular flexibility index (Phi) is 5.28. The van der Waals surface area contributed by atoms with E-state index in [1.54, 1.807) is 26.5 Å². The maximum Gasteiger partial charge on any atom is 0.183 e. The minimum absolute atomic E-state index is 0.213. The number of pyridine rings is 1. The molecule has 2 rings (SSSR count). The van der Waals surface area contributed by atoms with Gasteiger partial charge in [-0.1, -0.05) is 12.8 Å². The van der Waals surface area contributed by atoms with Crippen LogP contribution in [0.3, 0.4) is 0 Å². The molecular formula is C14H21ClN2O2. The number of aromatic nitrogens is 1. The van der Waals surface area contributed by atoms with Gasteiger partial charge < -0.3 is 14.8 Å². The van der Waals surface area contributed by atoms with Crippen molar-refractivity contribution in [3.63, 3.8) is 0 Å². The smallest absolute Gasteiger partial charge is 0.183 e. The van der Waals surface area contributed by atoms with Crippen LogP contribution in [0.25, 0.3) is 0 Å². The van der Waals surface area contributed by atoms with E-state index in [2.05, 4.69) is 10.3 Å². The SMILES string of the molecule is COc1ccnc(CNC2CCCCC2Cl)c1OC. The van der Waals surface area contributed by atoms with Gasteiger partial charge >= 0.3 is 0 Å². The molecule has 0 amide bonds. The summed E-state index contributed by atoms with van der Waals surface area (Å²) in [5.74, 6) is 1.40. The maximum atomic E-state index is 6.34. The van der Waals surface area contributed by atoms with Gasteiger partial charge in [0.15, 0.2) is 11.5 Å². The molecule has 0 aliphatic heterocycles. The van der Waals surface area contributed by atoms with E-state index in [-0.39, 0.29) is 5.38 Å². The lowest BCUT2D eigenvalue weighted by molar-refractivity contribution is 0.341. The molecule has 2 atom stereocenters. The average molecular weight is 285 g/mol. The number of nitrogens with one attached hydrogen (secondary N) is 1. The molecule has 1 fully saturated rings. The number of halogens is 1. The Morgan fingerprint density at radius 3 is 2.79 bits per heavy atom. The molecule has 5 heteroatoms. The van der Waals surface area contributed by atoms with Crippen molar-refractivity contribution < 1.29 is 9.47 Å². The molecule has 1 aliphatic carbocycles. The van der Waals surface area contributed by atoms with Gasteiger partial charge in [-0.15, -0.1) is 11.6 Å². The van der Waals surface area contributed by atoms with Gasteiger partial charge in [0.2, 0.25) is 0 Å². The monoisotopic (exact) mass is 284 g/mol. The second kappa shape index (κ2) is 6.96. The number of methoxy groups -OCH3 is 2. The maximum absolute atomic E-state index is 6.34. The van der Waals surface area contributed by atoms with Crippen LogP contribution in [0, 0.1) is 0 Å². The van der Waals surface area contributed by atoms with Gasteiger partial charge in [-0.3, -0.25) is 4.98 Å². The molecule has 1 saturated carbocycles. The summed E-state index contributed by atoms with van der Waals surface area (Å²) >= 11 is 6.34. The van der Waals surface area contributed by atoms with Crippen LogP contribution < -0.4 is 14.8 Å². The fourth-order valence-electron chi connectivity index (χ4n) is 2.52. The van der Waals surface area contributed by atoms with Crippen LogP contribution in [0.5, 0.6) is 11.5 Å². The molecule has 0 saturated heterocycles. The summed E-state index contributed by atoms with van der Waals surface area (Å²) < 4.78 is 10.6. The molecule has 0 aromatic carbocycles. The van der Waals surface area contributed by atoms with Gasteiger partial charge in [-0.2, -0.15) is 0 Å². The summed E-state index contributed by atoms with van der Waals surface area (Å²) in [6.07, 6.45) is 6.41. The standard InChI is InChI=1S/C14H21ClN2O2/c1-18-13-7-8-16-12(14(13)19-2)9-17-11-6-4-3-5-10(11)15/h7-8,10-11,17H,3-6,9H2,1-2H3. The predicted octanol–water partition coefficient (Wildman–Crippen LogP) is 2.74. The summed E-state index contributed by atoms with van der Waals surface area (Å²) in [4.78, 5) is 4.36. The fourth-order valence-corrected chi connectivity index (χ4v) is 2.89. The number of hydrogen-bond donors (Lipinski definition) is 1. The summed E-state index contributed by atoms with van der Waals surface area (Å²) in [7, 11) is 3.26. The van der Waals surface area contributed by atoms with Crippen molar-refractivity contribution in [1.29, 1.82) is 0 Å². The summed E-state index contributed by atoms with van der Waals surface area (Å²) in [5.41, 5.74) is 0.858. The second-order valence-corrected chi connectivity index (χ2v) is 5.34. The number of nitrogens with zero attached hydrogens (tertiary/aromatic N) is 1. The van der Waals surface area contributed by atoms with Crippen LogP contribution in [-0.4, -0.2) is 30.6 Å². The average Bonchev–Trinajstić information content (AvgIpc) is 2.45. The number of alkyl halides is 1. The molecular weight excluding hydrogens is 264 g/mol. The number of hydrogen-bond acceptors (Lipinski definition) is 4. The van der Waals surface area contributed by atoms with Crippen molar-refractivity contribution in [3.05, 3.63) is 18.0 Å². The summed E-state index contributed by atoms with van der Waals surface area (Å²) in [5, 5.41) is 3.70. The fraction of sp³-hybridized carbons (Fsp3) is 0.643. The zero-order chi connectivity index (χ0) is 13.7. The van der Waals surface area contributed by atoms with Gasteiger partial charge in [0.1, 0.15) is 0 Å². The normalized spacial score (nSPS) is 23.1. The van der Waals surface area contributed by atoms with Crippen molar-refractivity contribution >= 4 is 11.6 Å². The van der Waals surface area contributed by atoms with Crippen molar-refractivity contribution in [2.45, 2.75) is 43.6 Å². The molecule has 0 bridgehead atoms. The molecule has 4 nitrogen and oxygen atoms in total. The highest BCUT2D eigenvalue weighted by molar-refractivity contribution is 6.21. The quantitative estimate of drug-likeness (QED) is 0.845. The topological polar surface area (TPSA) is 43.4 Å². The third kappa shape index (κ3) is 3.51. The Morgan fingerprint density at radius 1 is 1.32 bits per heavy atom. The van der Waals surface area contributed by atoms with E-state index in [1.807, 2.05) is 0 Å². The van der Waals surface area contributed by atoms with E-state index in [9.17, 15) is 0 Å². The van der Waals surface area contributed by atoms with Gasteiger partial charge in [-0.25, -0.2) is 0 Å². The Morgan fingerprint density at radius 2 is 2.11 bits per heavy atom. The first kappa shape index (κ1) is 14.4. The Labute approximate surface area is 119 Å². The zero-order valence-electron chi connectivity index (χ0n) is 11.5. The highest BCUT2D eigenvalue weighted by Gasteiger charge is 2.23. The highest BCUT2D eigenvalue weighted by atomic mass is 35.5. The summed E-state index contributed by atoms with van der Waals surface area (Å²) in [6.45, 7) is 0.647. The molecule has 1 aromatic rings. The Balaban J connectivity index is 2.02. The molecule has 1 heterocycles. The molecule has 106 valence electrons. The molecule has 19 heavy (non-hydrogen) atoms. The van der Waals surface area contributed by atoms with E-state index in [4.69, 9.17) is 21.1 Å². The highest BCUT2D eigenvalue weighted by Crippen LogP contribution is 2.29. The van der Waals surface area contributed by atoms with Crippen molar-refractivity contribution in [3.8, 4) is 11.5 Å². The van der Waals surface area contributed by atoms with Crippen molar-refractivity contribution in [2.75, 3.05) is 14.2 Å². The number of ether oxygens (including phenoxy) is 2. The van der Waals surface area contributed by atoms with Crippen LogP contribution in [-0.2, 0) is 6.54 Å². The molecule has 0 radical (unpaired) electrons. The van der Waals surface area contributed by atoms with E-state index in [1.165, 1.54) is 12.8 Å². The lowest BCUT2D eigenvalue weighted by Gasteiger charge is -2.28. The van der Waals surface area contributed by atoms with E-state index in [0.717, 1.165) is 18.5 Å². The van der Waals surface area contributed by atoms with Gasteiger partial charge in [0.25, 0.3) is 0 Å². The van der Waals surface area contributed by atoms with E-state index in [0.29, 0.717) is 24.1 Å². The molecule has 1 aliphatic rings. The van der Waals surface area contributed by atoms with Crippen LogP contribution in [0.15, 0.2) is 12.3 Å². The minimum Gasteiger partial charge on any atom is -0.493 e. The molecule has 0 spiro atoms. The van der Waals surface area contributed by atoms with E-state index < -0.39 is 0 Å². The second-order valence-electron chi connectivity index (χ2n) is 4.78. The zero-order valence-corrected chi connectivity index (χ0v) is 12.2.